The number of hydrogen-bond acceptors (Lipinski definition) is 4. The van der Waals surface area contributed by atoms with Gasteiger partial charge in [-0.25, -0.2) is 9.79 Å². The van der Waals surface area contributed by atoms with E-state index < -0.39 is 6.03 Å². The van der Waals surface area contributed by atoms with Crippen LogP contribution in [0.4, 0.5) is 16.2 Å². The number of nitrogens with zero attached hydrogens (tertiary/aromatic N) is 3. The van der Waals surface area contributed by atoms with E-state index in [1.807, 2.05) is 24.3 Å². The Balaban J connectivity index is 1.54. The lowest BCUT2D eigenvalue weighted by atomic mass is 9.98. The maximum atomic E-state index is 12.2. The minimum absolute atomic E-state index is 0.138. The maximum Gasteiger partial charge on any atom is 0.325 e. The van der Waals surface area contributed by atoms with Crippen LogP contribution < -0.4 is 27.4 Å². The van der Waals surface area contributed by atoms with Crippen LogP contribution >= 0.6 is 0 Å². The van der Waals surface area contributed by atoms with Gasteiger partial charge in [-0.3, -0.25) is 10.1 Å². The molecule has 3 rings (SSSR count). The molecule has 32 heavy (non-hydrogen) atoms. The van der Waals surface area contributed by atoms with Crippen molar-refractivity contribution >= 4 is 35.2 Å². The first-order valence-corrected chi connectivity index (χ1v) is 10.2. The van der Waals surface area contributed by atoms with Gasteiger partial charge in [-0.05, 0) is 67.9 Å². The first-order valence-electron chi connectivity index (χ1n) is 10.2. The molecule has 0 aliphatic carbocycles. The van der Waals surface area contributed by atoms with Gasteiger partial charge in [-0.2, -0.15) is 4.99 Å². The van der Waals surface area contributed by atoms with Crippen molar-refractivity contribution < 1.29 is 9.59 Å². The summed E-state index contributed by atoms with van der Waals surface area (Å²) in [6, 6.07) is 13.7. The first-order chi connectivity index (χ1) is 15.3. The summed E-state index contributed by atoms with van der Waals surface area (Å²) in [5.41, 5.74) is 14.4. The SMILES string of the molecule is CNC(=O)c1ccc(N=C(N)/N=C(/N)NC(=O)Nc2ccc(C3CCN(C)C3)cc2)cc1. The van der Waals surface area contributed by atoms with Crippen LogP contribution in [-0.4, -0.2) is 55.9 Å². The van der Waals surface area contributed by atoms with Crippen LogP contribution in [0.15, 0.2) is 58.5 Å². The number of urea groups is 1. The molecule has 1 aliphatic rings. The number of amides is 3. The molecule has 10 heteroatoms. The van der Waals surface area contributed by atoms with E-state index in [9.17, 15) is 9.59 Å². The summed E-state index contributed by atoms with van der Waals surface area (Å²) in [7, 11) is 3.67. The van der Waals surface area contributed by atoms with E-state index in [0.29, 0.717) is 22.9 Å². The number of nitrogens with one attached hydrogen (secondary N) is 3. The van der Waals surface area contributed by atoms with Gasteiger partial charge >= 0.3 is 6.03 Å². The number of carbonyl (C=O) groups is 2. The number of hydrogen-bond donors (Lipinski definition) is 5. The third-order valence-electron chi connectivity index (χ3n) is 5.11. The standard InChI is InChI=1S/C22H28N8O2/c1-25-19(31)15-5-9-17(10-6-15)26-20(23)28-21(24)29-22(32)27-18-7-3-14(4-8-18)16-11-12-30(2)13-16/h3-10,16H,11-13H2,1-2H3,(H,25,31)(H6,23,24,26,27,28,29,32). The largest absolute Gasteiger partial charge is 0.369 e. The maximum absolute atomic E-state index is 12.2. The molecule has 1 saturated heterocycles. The van der Waals surface area contributed by atoms with Crippen molar-refractivity contribution in [3.05, 3.63) is 59.7 Å². The Labute approximate surface area is 186 Å². The average molecular weight is 437 g/mol. The summed E-state index contributed by atoms with van der Waals surface area (Å²) in [6.45, 7) is 2.14. The molecule has 1 aliphatic heterocycles. The molecule has 0 radical (unpaired) electrons. The summed E-state index contributed by atoms with van der Waals surface area (Å²) in [6.07, 6.45) is 1.14. The number of rotatable bonds is 4. The minimum atomic E-state index is -0.540. The summed E-state index contributed by atoms with van der Waals surface area (Å²) in [5.74, 6) is -0.0163. The van der Waals surface area contributed by atoms with Gasteiger partial charge in [0.2, 0.25) is 11.9 Å². The molecule has 1 heterocycles. The number of benzene rings is 2. The fourth-order valence-electron chi connectivity index (χ4n) is 3.46. The van der Waals surface area contributed by atoms with Gasteiger partial charge in [0.15, 0.2) is 0 Å². The van der Waals surface area contributed by atoms with Gasteiger partial charge in [-0.15, -0.1) is 0 Å². The van der Waals surface area contributed by atoms with Crippen LogP contribution in [0.25, 0.3) is 0 Å². The third kappa shape index (κ3) is 6.29. The summed E-state index contributed by atoms with van der Waals surface area (Å²) in [4.78, 5) is 34.0. The molecule has 2 aromatic carbocycles. The van der Waals surface area contributed by atoms with Crippen molar-refractivity contribution in [1.29, 1.82) is 0 Å². The van der Waals surface area contributed by atoms with Crippen LogP contribution in [-0.2, 0) is 0 Å². The lowest BCUT2D eigenvalue weighted by molar-refractivity contribution is 0.0963. The zero-order valence-electron chi connectivity index (χ0n) is 18.1. The molecule has 0 aromatic heterocycles. The Morgan fingerprint density at radius 1 is 1.06 bits per heavy atom. The van der Waals surface area contributed by atoms with Gasteiger partial charge < -0.3 is 27.0 Å². The number of likely N-dealkylation sites (tertiary alicyclic amines) is 1. The van der Waals surface area contributed by atoms with Crippen LogP contribution in [0.2, 0.25) is 0 Å². The monoisotopic (exact) mass is 436 g/mol. The molecule has 0 bridgehead atoms. The molecule has 0 spiro atoms. The van der Waals surface area contributed by atoms with Gasteiger partial charge in [0.1, 0.15) is 0 Å². The van der Waals surface area contributed by atoms with E-state index in [4.69, 9.17) is 11.5 Å². The van der Waals surface area contributed by atoms with Gasteiger partial charge in [-0.1, -0.05) is 12.1 Å². The van der Waals surface area contributed by atoms with Crippen LogP contribution in [0.3, 0.4) is 0 Å². The van der Waals surface area contributed by atoms with E-state index in [1.54, 1.807) is 31.3 Å². The minimum Gasteiger partial charge on any atom is -0.369 e. The average Bonchev–Trinajstić information content (AvgIpc) is 3.20. The fraction of sp³-hybridized carbons (Fsp3) is 0.273. The normalized spacial score (nSPS) is 17.1. The Kier molecular flexibility index (Phi) is 7.40. The number of guanidine groups is 2. The molecule has 1 atom stereocenters. The van der Waals surface area contributed by atoms with Gasteiger partial charge in [0.05, 0.1) is 5.69 Å². The Morgan fingerprint density at radius 2 is 1.75 bits per heavy atom. The van der Waals surface area contributed by atoms with Crippen molar-refractivity contribution in [2.24, 2.45) is 21.5 Å². The summed E-state index contributed by atoms with van der Waals surface area (Å²) >= 11 is 0. The molecule has 10 nitrogen and oxygen atoms in total. The second-order valence-corrected chi connectivity index (χ2v) is 7.54. The number of likely N-dealkylation sites (N-methyl/N-ethyl adjacent to an activating group) is 1. The molecular weight excluding hydrogens is 408 g/mol. The van der Waals surface area contributed by atoms with Crippen molar-refractivity contribution in [3.8, 4) is 0 Å². The van der Waals surface area contributed by atoms with Crippen molar-refractivity contribution in [2.45, 2.75) is 12.3 Å². The molecule has 1 fully saturated rings. The summed E-state index contributed by atoms with van der Waals surface area (Å²) < 4.78 is 0. The highest BCUT2D eigenvalue weighted by molar-refractivity contribution is 6.05. The van der Waals surface area contributed by atoms with Crippen LogP contribution in [0.5, 0.6) is 0 Å². The van der Waals surface area contributed by atoms with E-state index in [-0.39, 0.29) is 17.8 Å². The van der Waals surface area contributed by atoms with Crippen molar-refractivity contribution in [2.75, 3.05) is 32.5 Å². The smallest absolute Gasteiger partial charge is 0.325 e. The predicted molar refractivity (Wildman–Crippen MR) is 126 cm³/mol. The lowest BCUT2D eigenvalue weighted by Crippen LogP contribution is -2.40. The van der Waals surface area contributed by atoms with Crippen molar-refractivity contribution in [1.82, 2.24) is 15.5 Å². The topological polar surface area (TPSA) is 150 Å². The fourth-order valence-corrected chi connectivity index (χ4v) is 3.46. The molecule has 1 unspecified atom stereocenters. The van der Waals surface area contributed by atoms with E-state index in [1.165, 1.54) is 5.56 Å². The Bertz CT molecular complexity index is 1020. The Morgan fingerprint density at radius 3 is 2.34 bits per heavy atom. The molecule has 3 amide bonds. The number of nitrogens with two attached hydrogens (primary N) is 2. The predicted octanol–water partition coefficient (Wildman–Crippen LogP) is 1.55. The zero-order valence-corrected chi connectivity index (χ0v) is 18.1. The van der Waals surface area contributed by atoms with E-state index in [2.05, 4.69) is 37.9 Å². The number of anilines is 1. The van der Waals surface area contributed by atoms with Gasteiger partial charge in [0.25, 0.3) is 5.91 Å². The molecule has 0 saturated carbocycles. The first kappa shape index (κ1) is 22.8. The van der Waals surface area contributed by atoms with Crippen LogP contribution in [0.1, 0.15) is 28.3 Å². The highest BCUT2D eigenvalue weighted by Crippen LogP contribution is 2.27. The summed E-state index contributed by atoms with van der Waals surface area (Å²) in [5, 5.41) is 7.65. The van der Waals surface area contributed by atoms with Crippen molar-refractivity contribution in [3.63, 3.8) is 0 Å². The van der Waals surface area contributed by atoms with E-state index >= 15 is 0 Å². The van der Waals surface area contributed by atoms with Gasteiger partial charge in [0, 0.05) is 24.8 Å². The Hall–Kier alpha value is -3.92. The second kappa shape index (κ2) is 10.4. The molecular formula is C22H28N8O2. The number of aliphatic imine (C=N–C) groups is 2. The quantitative estimate of drug-likeness (QED) is 0.364. The van der Waals surface area contributed by atoms with Crippen LogP contribution in [0, 0.1) is 0 Å². The third-order valence-corrected chi connectivity index (χ3v) is 5.11. The molecule has 7 N–H and O–H groups in total. The second-order valence-electron chi connectivity index (χ2n) is 7.54. The number of carbonyl (C=O) groups excluding carboxylic acids is 2. The highest BCUT2D eigenvalue weighted by atomic mass is 16.2. The highest BCUT2D eigenvalue weighted by Gasteiger charge is 2.20. The van der Waals surface area contributed by atoms with E-state index in [0.717, 1.165) is 19.5 Å². The zero-order chi connectivity index (χ0) is 23.1. The lowest BCUT2D eigenvalue weighted by Gasteiger charge is -2.12. The molecule has 2 aromatic rings. The molecule has 168 valence electrons.